The van der Waals surface area contributed by atoms with Crippen LogP contribution in [0.25, 0.3) is 0 Å². The molecule has 3 rings (SSSR count). The van der Waals surface area contributed by atoms with E-state index in [0.717, 1.165) is 21.3 Å². The molecule has 3 aromatic rings. The summed E-state index contributed by atoms with van der Waals surface area (Å²) in [6, 6.07) is 24.8. The Labute approximate surface area is 161 Å². The highest BCUT2D eigenvalue weighted by atomic mass is 79.9. The van der Waals surface area contributed by atoms with E-state index < -0.39 is 0 Å². The molecule has 0 spiro atoms. The number of nitrogens with one attached hydrogen (secondary N) is 1. The second kappa shape index (κ2) is 8.32. The molecule has 0 aliphatic rings. The standard InChI is InChI=1S/C21H17BrClNO/c22-17-8-6-15(7-9-17)20(24-19-12-10-18(23)11-13-19)14-21(25)16-4-2-1-3-5-16/h1-13,20,24H,14H2. The molecule has 0 aromatic heterocycles. The highest BCUT2D eigenvalue weighted by Crippen LogP contribution is 2.26. The topological polar surface area (TPSA) is 29.1 Å². The summed E-state index contributed by atoms with van der Waals surface area (Å²) < 4.78 is 1.01. The quantitative estimate of drug-likeness (QED) is 0.465. The van der Waals surface area contributed by atoms with Crippen LogP contribution in [0.1, 0.15) is 28.4 Å². The Morgan fingerprint density at radius 3 is 2.20 bits per heavy atom. The highest BCUT2D eigenvalue weighted by molar-refractivity contribution is 9.10. The van der Waals surface area contributed by atoms with Crippen molar-refractivity contribution in [3.05, 3.63) is 99.5 Å². The van der Waals surface area contributed by atoms with E-state index in [0.29, 0.717) is 11.4 Å². The molecule has 0 saturated carbocycles. The maximum Gasteiger partial charge on any atom is 0.165 e. The average Bonchev–Trinajstić information content (AvgIpc) is 2.64. The summed E-state index contributed by atoms with van der Waals surface area (Å²) in [7, 11) is 0. The molecule has 0 aliphatic carbocycles. The third-order valence-electron chi connectivity index (χ3n) is 3.94. The number of anilines is 1. The van der Waals surface area contributed by atoms with Crippen LogP contribution in [0.5, 0.6) is 0 Å². The molecule has 1 unspecified atom stereocenters. The Bertz CT molecular complexity index is 832. The van der Waals surface area contributed by atoms with Gasteiger partial charge in [0.25, 0.3) is 0 Å². The third kappa shape index (κ3) is 4.94. The van der Waals surface area contributed by atoms with Crippen LogP contribution in [0.3, 0.4) is 0 Å². The van der Waals surface area contributed by atoms with Gasteiger partial charge in [-0.25, -0.2) is 0 Å². The number of carbonyl (C=O) groups excluding carboxylic acids is 1. The van der Waals surface area contributed by atoms with Crippen LogP contribution < -0.4 is 5.32 Å². The zero-order chi connectivity index (χ0) is 17.6. The lowest BCUT2D eigenvalue weighted by molar-refractivity contribution is 0.0976. The van der Waals surface area contributed by atoms with Gasteiger partial charge in [0.2, 0.25) is 0 Å². The molecular weight excluding hydrogens is 398 g/mol. The number of hydrogen-bond acceptors (Lipinski definition) is 2. The molecule has 4 heteroatoms. The van der Waals surface area contributed by atoms with Gasteiger partial charge in [0.05, 0.1) is 6.04 Å². The van der Waals surface area contributed by atoms with Crippen molar-refractivity contribution in [3.63, 3.8) is 0 Å². The van der Waals surface area contributed by atoms with Gasteiger partial charge in [-0.2, -0.15) is 0 Å². The third-order valence-corrected chi connectivity index (χ3v) is 4.72. The second-order valence-electron chi connectivity index (χ2n) is 5.75. The van der Waals surface area contributed by atoms with E-state index in [-0.39, 0.29) is 11.8 Å². The number of ketones is 1. The lowest BCUT2D eigenvalue weighted by Gasteiger charge is -2.20. The largest absolute Gasteiger partial charge is 0.378 e. The Morgan fingerprint density at radius 2 is 1.56 bits per heavy atom. The first-order valence-electron chi connectivity index (χ1n) is 7.97. The minimum Gasteiger partial charge on any atom is -0.378 e. The summed E-state index contributed by atoms with van der Waals surface area (Å²) in [6.45, 7) is 0. The molecule has 1 N–H and O–H groups in total. The number of Topliss-reactive ketones (excluding diaryl/α,β-unsaturated/α-hetero) is 1. The van der Waals surface area contributed by atoms with E-state index >= 15 is 0 Å². The van der Waals surface area contributed by atoms with Crippen LogP contribution in [0, 0.1) is 0 Å². The molecular formula is C21H17BrClNO. The van der Waals surface area contributed by atoms with E-state index in [2.05, 4.69) is 21.2 Å². The van der Waals surface area contributed by atoms with Crippen molar-refractivity contribution in [2.45, 2.75) is 12.5 Å². The van der Waals surface area contributed by atoms with Gasteiger partial charge in [-0.1, -0.05) is 70.0 Å². The predicted octanol–water partition coefficient (Wildman–Crippen LogP) is 6.53. The van der Waals surface area contributed by atoms with Gasteiger partial charge in [-0.3, -0.25) is 4.79 Å². The minimum atomic E-state index is -0.123. The highest BCUT2D eigenvalue weighted by Gasteiger charge is 2.17. The van der Waals surface area contributed by atoms with Gasteiger partial charge in [0.1, 0.15) is 0 Å². The molecule has 0 amide bonds. The van der Waals surface area contributed by atoms with Gasteiger partial charge in [0.15, 0.2) is 5.78 Å². The SMILES string of the molecule is O=C(CC(Nc1ccc(Cl)cc1)c1ccc(Br)cc1)c1ccccc1. The Kier molecular flexibility index (Phi) is 5.90. The normalized spacial score (nSPS) is 11.8. The van der Waals surface area contributed by atoms with Crippen molar-refractivity contribution >= 4 is 39.0 Å². The van der Waals surface area contributed by atoms with Crippen LogP contribution in [0.15, 0.2) is 83.3 Å². The van der Waals surface area contributed by atoms with Gasteiger partial charge < -0.3 is 5.32 Å². The van der Waals surface area contributed by atoms with Crippen LogP contribution in [0.4, 0.5) is 5.69 Å². The molecule has 126 valence electrons. The Morgan fingerprint density at radius 1 is 0.920 bits per heavy atom. The number of hydrogen-bond donors (Lipinski definition) is 1. The van der Waals surface area contributed by atoms with Crippen LogP contribution >= 0.6 is 27.5 Å². The maximum absolute atomic E-state index is 12.7. The summed E-state index contributed by atoms with van der Waals surface area (Å²) in [4.78, 5) is 12.7. The van der Waals surface area contributed by atoms with Crippen molar-refractivity contribution < 1.29 is 4.79 Å². The molecule has 0 heterocycles. The Balaban J connectivity index is 1.84. The van der Waals surface area contributed by atoms with Crippen molar-refractivity contribution in [1.29, 1.82) is 0 Å². The van der Waals surface area contributed by atoms with Gasteiger partial charge in [-0.05, 0) is 42.0 Å². The first-order valence-corrected chi connectivity index (χ1v) is 9.15. The summed E-state index contributed by atoms with van der Waals surface area (Å²) >= 11 is 9.41. The van der Waals surface area contributed by atoms with E-state index in [9.17, 15) is 4.79 Å². The first kappa shape index (κ1) is 17.7. The molecule has 1 atom stereocenters. The fourth-order valence-electron chi connectivity index (χ4n) is 2.62. The lowest BCUT2D eigenvalue weighted by Crippen LogP contribution is -2.15. The fraction of sp³-hybridized carbons (Fsp3) is 0.0952. The van der Waals surface area contributed by atoms with Crippen LogP contribution in [0.2, 0.25) is 5.02 Å². The molecule has 25 heavy (non-hydrogen) atoms. The molecule has 3 aromatic carbocycles. The fourth-order valence-corrected chi connectivity index (χ4v) is 3.01. The molecule has 2 nitrogen and oxygen atoms in total. The number of benzene rings is 3. The zero-order valence-electron chi connectivity index (χ0n) is 13.5. The summed E-state index contributed by atoms with van der Waals surface area (Å²) in [5.74, 6) is 0.106. The smallest absolute Gasteiger partial charge is 0.165 e. The summed E-state index contributed by atoms with van der Waals surface area (Å²) in [5, 5.41) is 4.13. The van der Waals surface area contributed by atoms with Gasteiger partial charge in [0, 0.05) is 27.2 Å². The Hall–Kier alpha value is -2.10. The number of carbonyl (C=O) groups is 1. The maximum atomic E-state index is 12.7. The van der Waals surface area contributed by atoms with E-state index in [4.69, 9.17) is 11.6 Å². The average molecular weight is 415 g/mol. The summed E-state index contributed by atoms with van der Waals surface area (Å²) in [5.41, 5.74) is 2.71. The van der Waals surface area contributed by atoms with Gasteiger partial charge >= 0.3 is 0 Å². The molecule has 0 fully saturated rings. The summed E-state index contributed by atoms with van der Waals surface area (Å²) in [6.07, 6.45) is 0.369. The second-order valence-corrected chi connectivity index (χ2v) is 7.10. The molecule has 0 saturated heterocycles. The monoisotopic (exact) mass is 413 g/mol. The van der Waals surface area contributed by atoms with E-state index in [1.807, 2.05) is 78.9 Å². The van der Waals surface area contributed by atoms with Crippen LogP contribution in [-0.2, 0) is 0 Å². The molecule has 0 radical (unpaired) electrons. The number of rotatable bonds is 6. The first-order chi connectivity index (χ1) is 12.1. The lowest BCUT2D eigenvalue weighted by atomic mass is 9.97. The zero-order valence-corrected chi connectivity index (χ0v) is 15.8. The van der Waals surface area contributed by atoms with Crippen molar-refractivity contribution in [2.75, 3.05) is 5.32 Å². The van der Waals surface area contributed by atoms with E-state index in [1.165, 1.54) is 0 Å². The van der Waals surface area contributed by atoms with Crippen LogP contribution in [-0.4, -0.2) is 5.78 Å². The molecule has 0 bridgehead atoms. The van der Waals surface area contributed by atoms with Crippen molar-refractivity contribution in [2.24, 2.45) is 0 Å². The minimum absolute atomic E-state index is 0.106. The van der Waals surface area contributed by atoms with Gasteiger partial charge in [-0.15, -0.1) is 0 Å². The van der Waals surface area contributed by atoms with Crippen molar-refractivity contribution in [3.8, 4) is 0 Å². The molecule has 0 aliphatic heterocycles. The number of halogens is 2. The van der Waals surface area contributed by atoms with E-state index in [1.54, 1.807) is 0 Å². The predicted molar refractivity (Wildman–Crippen MR) is 107 cm³/mol. The van der Waals surface area contributed by atoms with Crippen molar-refractivity contribution in [1.82, 2.24) is 0 Å².